The number of anilines is 1. The number of para-hydroxylation sites is 2. The van der Waals surface area contributed by atoms with Crippen LogP contribution in [0.1, 0.15) is 5.56 Å². The van der Waals surface area contributed by atoms with E-state index in [1.165, 1.54) is 17.3 Å². The van der Waals surface area contributed by atoms with Gasteiger partial charge in [0.05, 0.1) is 12.1 Å². The molecule has 136 valence electrons. The van der Waals surface area contributed by atoms with Crippen molar-refractivity contribution in [3.8, 4) is 0 Å². The first kappa shape index (κ1) is 17.0. The van der Waals surface area contributed by atoms with Crippen molar-refractivity contribution in [1.29, 1.82) is 0 Å². The molecule has 0 radical (unpaired) electrons. The Bertz CT molecular complexity index is 1080. The molecule has 2 aromatic heterocycles. The van der Waals surface area contributed by atoms with E-state index in [2.05, 4.69) is 32.4 Å². The van der Waals surface area contributed by atoms with Gasteiger partial charge in [-0.15, -0.1) is 0 Å². The number of carbonyl (C=O) groups is 1. The molecule has 4 rings (SSSR count). The monoisotopic (exact) mass is 359 g/mol. The Morgan fingerprint density at radius 3 is 2.74 bits per heavy atom. The smallest absolute Gasteiger partial charge is 0.239 e. The summed E-state index contributed by atoms with van der Waals surface area (Å²) in [6.45, 7) is 0.841. The SMILES string of the molecule is CN(CC(=O)NCCc1c[nH]c2ccccc12)c1ncnc2ccccc12. The molecule has 0 aliphatic heterocycles. The second-order valence-electron chi connectivity index (χ2n) is 6.53. The summed E-state index contributed by atoms with van der Waals surface area (Å²) in [6, 6.07) is 16.0. The van der Waals surface area contributed by atoms with Crippen LogP contribution in [0.2, 0.25) is 0 Å². The third-order valence-electron chi connectivity index (χ3n) is 4.66. The largest absolute Gasteiger partial charge is 0.361 e. The third-order valence-corrected chi connectivity index (χ3v) is 4.66. The van der Waals surface area contributed by atoms with Crippen LogP contribution in [0.25, 0.3) is 21.8 Å². The number of aromatic nitrogens is 3. The molecular weight excluding hydrogens is 338 g/mol. The number of amides is 1. The number of fused-ring (bicyclic) bond motifs is 2. The van der Waals surface area contributed by atoms with Gasteiger partial charge in [0.1, 0.15) is 12.1 Å². The maximum Gasteiger partial charge on any atom is 0.239 e. The lowest BCUT2D eigenvalue weighted by Crippen LogP contribution is -2.36. The molecule has 0 aliphatic carbocycles. The van der Waals surface area contributed by atoms with Gasteiger partial charge in [-0.3, -0.25) is 4.79 Å². The Morgan fingerprint density at radius 2 is 1.85 bits per heavy atom. The average Bonchev–Trinajstić information content (AvgIpc) is 3.11. The number of H-pyrrole nitrogens is 1. The molecule has 0 bridgehead atoms. The molecule has 0 saturated carbocycles. The van der Waals surface area contributed by atoms with Crippen LogP contribution in [-0.2, 0) is 11.2 Å². The lowest BCUT2D eigenvalue weighted by Gasteiger charge is -2.19. The predicted octanol–water partition coefficient (Wildman–Crippen LogP) is 2.91. The van der Waals surface area contributed by atoms with Crippen LogP contribution in [0.5, 0.6) is 0 Å². The molecule has 0 unspecified atom stereocenters. The Hall–Kier alpha value is -3.41. The highest BCUT2D eigenvalue weighted by Gasteiger charge is 2.12. The van der Waals surface area contributed by atoms with E-state index in [-0.39, 0.29) is 12.5 Å². The summed E-state index contributed by atoms with van der Waals surface area (Å²) in [4.78, 5) is 26.1. The van der Waals surface area contributed by atoms with Crippen molar-refractivity contribution < 1.29 is 4.79 Å². The van der Waals surface area contributed by atoms with E-state index >= 15 is 0 Å². The van der Waals surface area contributed by atoms with Crippen molar-refractivity contribution >= 4 is 33.5 Å². The molecule has 0 saturated heterocycles. The van der Waals surface area contributed by atoms with Crippen LogP contribution in [0.4, 0.5) is 5.82 Å². The molecule has 2 N–H and O–H groups in total. The number of nitrogens with one attached hydrogen (secondary N) is 2. The van der Waals surface area contributed by atoms with Gasteiger partial charge in [-0.2, -0.15) is 0 Å². The van der Waals surface area contributed by atoms with Crippen molar-refractivity contribution in [2.45, 2.75) is 6.42 Å². The number of aromatic amines is 1. The molecule has 0 atom stereocenters. The summed E-state index contributed by atoms with van der Waals surface area (Å²) in [5.41, 5.74) is 3.20. The van der Waals surface area contributed by atoms with Gasteiger partial charge in [-0.25, -0.2) is 9.97 Å². The normalized spacial score (nSPS) is 11.0. The summed E-state index contributed by atoms with van der Waals surface area (Å²) >= 11 is 0. The molecule has 1 amide bonds. The Balaban J connectivity index is 1.36. The lowest BCUT2D eigenvalue weighted by molar-refractivity contribution is -0.119. The molecule has 2 aromatic carbocycles. The summed E-state index contributed by atoms with van der Waals surface area (Å²) in [5.74, 6) is 0.729. The average molecular weight is 359 g/mol. The first-order chi connectivity index (χ1) is 13.2. The molecule has 0 aliphatic rings. The highest BCUT2D eigenvalue weighted by Crippen LogP contribution is 2.21. The van der Waals surface area contributed by atoms with E-state index in [9.17, 15) is 4.79 Å². The fraction of sp³-hybridized carbons (Fsp3) is 0.190. The lowest BCUT2D eigenvalue weighted by atomic mass is 10.1. The van der Waals surface area contributed by atoms with Crippen molar-refractivity contribution in [1.82, 2.24) is 20.3 Å². The van der Waals surface area contributed by atoms with Gasteiger partial charge in [-0.05, 0) is 30.2 Å². The van der Waals surface area contributed by atoms with E-state index in [0.717, 1.165) is 28.7 Å². The summed E-state index contributed by atoms with van der Waals surface area (Å²) in [7, 11) is 1.87. The zero-order valence-electron chi connectivity index (χ0n) is 15.1. The number of rotatable bonds is 6. The Morgan fingerprint density at radius 1 is 1.07 bits per heavy atom. The molecular formula is C21H21N5O. The van der Waals surface area contributed by atoms with Gasteiger partial charge in [0, 0.05) is 36.1 Å². The van der Waals surface area contributed by atoms with Gasteiger partial charge < -0.3 is 15.2 Å². The van der Waals surface area contributed by atoms with Gasteiger partial charge in [0.25, 0.3) is 0 Å². The molecule has 6 heteroatoms. The van der Waals surface area contributed by atoms with E-state index in [1.807, 2.05) is 54.5 Å². The summed E-state index contributed by atoms with van der Waals surface area (Å²) in [6.07, 6.45) is 4.33. The minimum absolute atomic E-state index is 0.0277. The second-order valence-corrected chi connectivity index (χ2v) is 6.53. The first-order valence-electron chi connectivity index (χ1n) is 8.95. The predicted molar refractivity (Wildman–Crippen MR) is 108 cm³/mol. The van der Waals surface area contributed by atoms with Gasteiger partial charge in [0.15, 0.2) is 0 Å². The van der Waals surface area contributed by atoms with Gasteiger partial charge >= 0.3 is 0 Å². The van der Waals surface area contributed by atoms with E-state index in [0.29, 0.717) is 6.54 Å². The molecule has 27 heavy (non-hydrogen) atoms. The number of carbonyl (C=O) groups excluding carboxylic acids is 1. The van der Waals surface area contributed by atoms with Crippen LogP contribution >= 0.6 is 0 Å². The second kappa shape index (κ2) is 7.45. The zero-order chi connectivity index (χ0) is 18.6. The van der Waals surface area contributed by atoms with Crippen LogP contribution in [0, 0.1) is 0 Å². The first-order valence-corrected chi connectivity index (χ1v) is 8.95. The Labute approximate surface area is 157 Å². The minimum Gasteiger partial charge on any atom is -0.361 e. The van der Waals surface area contributed by atoms with Crippen molar-refractivity contribution in [2.75, 3.05) is 25.0 Å². The van der Waals surface area contributed by atoms with E-state index in [1.54, 1.807) is 0 Å². The van der Waals surface area contributed by atoms with Crippen molar-refractivity contribution in [2.24, 2.45) is 0 Å². The summed E-state index contributed by atoms with van der Waals surface area (Å²) in [5, 5.41) is 5.14. The van der Waals surface area contributed by atoms with E-state index < -0.39 is 0 Å². The number of hydrogen-bond acceptors (Lipinski definition) is 4. The van der Waals surface area contributed by atoms with Crippen molar-refractivity contribution in [3.05, 3.63) is 66.6 Å². The topological polar surface area (TPSA) is 73.9 Å². The summed E-state index contributed by atoms with van der Waals surface area (Å²) < 4.78 is 0. The van der Waals surface area contributed by atoms with Crippen LogP contribution in [-0.4, -0.2) is 41.0 Å². The maximum atomic E-state index is 12.4. The molecule has 0 fully saturated rings. The quantitative estimate of drug-likeness (QED) is 0.555. The number of nitrogens with zero attached hydrogens (tertiary/aromatic N) is 3. The van der Waals surface area contributed by atoms with Crippen molar-refractivity contribution in [3.63, 3.8) is 0 Å². The Kier molecular flexibility index (Phi) is 4.70. The fourth-order valence-corrected chi connectivity index (χ4v) is 3.32. The zero-order valence-corrected chi connectivity index (χ0v) is 15.1. The molecule has 0 spiro atoms. The third kappa shape index (κ3) is 3.60. The molecule has 6 nitrogen and oxygen atoms in total. The minimum atomic E-state index is -0.0277. The van der Waals surface area contributed by atoms with Crippen LogP contribution in [0.15, 0.2) is 61.1 Å². The molecule has 4 aromatic rings. The molecule has 2 heterocycles. The van der Waals surface area contributed by atoms with Crippen LogP contribution in [0.3, 0.4) is 0 Å². The van der Waals surface area contributed by atoms with E-state index in [4.69, 9.17) is 0 Å². The maximum absolute atomic E-state index is 12.4. The standard InChI is InChI=1S/C21H21N5O/c1-26(21-17-7-3-5-9-19(17)24-14-25-21)13-20(27)22-11-10-15-12-23-18-8-4-2-6-16(15)18/h2-9,12,14,23H,10-11,13H2,1H3,(H,22,27). The highest BCUT2D eigenvalue weighted by molar-refractivity contribution is 5.91. The number of likely N-dealkylation sites (N-methyl/N-ethyl adjacent to an activating group) is 1. The number of hydrogen-bond donors (Lipinski definition) is 2. The van der Waals surface area contributed by atoms with Gasteiger partial charge in [0.2, 0.25) is 5.91 Å². The number of benzene rings is 2. The highest BCUT2D eigenvalue weighted by atomic mass is 16.2. The van der Waals surface area contributed by atoms with Crippen LogP contribution < -0.4 is 10.2 Å². The van der Waals surface area contributed by atoms with Gasteiger partial charge in [-0.1, -0.05) is 30.3 Å². The fourth-order valence-electron chi connectivity index (χ4n) is 3.32.